The molecule has 1 N–H and O–H groups in total. The lowest BCUT2D eigenvalue weighted by Crippen LogP contribution is -2.37. The minimum atomic E-state index is 0. The fourth-order valence-corrected chi connectivity index (χ4v) is 3.14. The van der Waals surface area contributed by atoms with Crippen LogP contribution in [0.4, 0.5) is 0 Å². The van der Waals surface area contributed by atoms with Crippen LogP contribution in [-0.2, 0) is 6.54 Å². The van der Waals surface area contributed by atoms with Gasteiger partial charge < -0.3 is 9.73 Å². The summed E-state index contributed by atoms with van der Waals surface area (Å²) in [5, 5.41) is 3.54. The first-order valence-electron chi connectivity index (χ1n) is 7.95. The molecule has 2 heterocycles. The zero-order chi connectivity index (χ0) is 14.5. The predicted octanol–water partition coefficient (Wildman–Crippen LogP) is 4.36. The van der Waals surface area contributed by atoms with Crippen LogP contribution < -0.4 is 5.32 Å². The Labute approximate surface area is 151 Å². The standard InChI is InChI=1S/C18H24N2O.2ClH/c1-2-20-12-6-9-16(20)13-19-14-17-10-11-18(21-17)15-7-4-3-5-8-15;;/h3-5,7-8,10-11,16,19H,2,6,9,12-14H2,1H3;2*1H. The normalized spacial score (nSPS) is 17.5. The first-order chi connectivity index (χ1) is 10.4. The number of furan rings is 1. The fourth-order valence-electron chi connectivity index (χ4n) is 3.14. The van der Waals surface area contributed by atoms with Crippen LogP contribution in [0, 0.1) is 0 Å². The minimum Gasteiger partial charge on any atom is -0.460 e. The summed E-state index contributed by atoms with van der Waals surface area (Å²) in [7, 11) is 0. The van der Waals surface area contributed by atoms with Crippen LogP contribution in [-0.4, -0.2) is 30.6 Å². The van der Waals surface area contributed by atoms with Gasteiger partial charge >= 0.3 is 0 Å². The minimum absolute atomic E-state index is 0. The molecule has 1 aliphatic heterocycles. The van der Waals surface area contributed by atoms with Crippen molar-refractivity contribution < 1.29 is 4.42 Å². The number of hydrogen-bond acceptors (Lipinski definition) is 3. The number of likely N-dealkylation sites (tertiary alicyclic amines) is 1. The summed E-state index contributed by atoms with van der Waals surface area (Å²) in [6, 6.07) is 15.1. The molecule has 1 saturated heterocycles. The molecular formula is C18H26Cl2N2O. The summed E-state index contributed by atoms with van der Waals surface area (Å²) in [5.74, 6) is 1.96. The largest absolute Gasteiger partial charge is 0.460 e. The van der Waals surface area contributed by atoms with Crippen molar-refractivity contribution >= 4 is 24.8 Å². The molecule has 1 fully saturated rings. The Hall–Kier alpha value is -1.000. The van der Waals surface area contributed by atoms with Crippen LogP contribution >= 0.6 is 24.8 Å². The predicted molar refractivity (Wildman–Crippen MR) is 101 cm³/mol. The second-order valence-corrected chi connectivity index (χ2v) is 5.69. The van der Waals surface area contributed by atoms with Gasteiger partial charge in [-0.25, -0.2) is 0 Å². The zero-order valence-corrected chi connectivity index (χ0v) is 15.2. The number of hydrogen-bond donors (Lipinski definition) is 1. The lowest BCUT2D eigenvalue weighted by atomic mass is 10.2. The maximum absolute atomic E-state index is 5.91. The summed E-state index contributed by atoms with van der Waals surface area (Å²) in [6.45, 7) is 6.51. The zero-order valence-electron chi connectivity index (χ0n) is 13.5. The fraction of sp³-hybridized carbons (Fsp3) is 0.444. The van der Waals surface area contributed by atoms with E-state index in [1.54, 1.807) is 0 Å². The third kappa shape index (κ3) is 5.25. The molecule has 0 saturated carbocycles. The average molecular weight is 357 g/mol. The van der Waals surface area contributed by atoms with Crippen molar-refractivity contribution in [1.29, 1.82) is 0 Å². The van der Waals surface area contributed by atoms with Crippen molar-refractivity contribution in [2.24, 2.45) is 0 Å². The molecule has 0 amide bonds. The van der Waals surface area contributed by atoms with E-state index in [1.165, 1.54) is 19.4 Å². The summed E-state index contributed by atoms with van der Waals surface area (Å²) in [6.07, 6.45) is 2.65. The van der Waals surface area contributed by atoms with Crippen molar-refractivity contribution in [1.82, 2.24) is 10.2 Å². The van der Waals surface area contributed by atoms with Gasteiger partial charge in [0.1, 0.15) is 11.5 Å². The second-order valence-electron chi connectivity index (χ2n) is 5.69. The van der Waals surface area contributed by atoms with Gasteiger partial charge in [0.05, 0.1) is 6.54 Å². The van der Waals surface area contributed by atoms with Crippen molar-refractivity contribution in [2.75, 3.05) is 19.6 Å². The molecule has 0 aliphatic carbocycles. The van der Waals surface area contributed by atoms with Crippen molar-refractivity contribution in [3.63, 3.8) is 0 Å². The van der Waals surface area contributed by atoms with Crippen LogP contribution in [0.1, 0.15) is 25.5 Å². The third-order valence-electron chi connectivity index (χ3n) is 4.30. The molecule has 1 unspecified atom stereocenters. The highest BCUT2D eigenvalue weighted by Gasteiger charge is 2.22. The molecule has 0 radical (unpaired) electrons. The Morgan fingerprint density at radius 2 is 1.91 bits per heavy atom. The van der Waals surface area contributed by atoms with Gasteiger partial charge in [0, 0.05) is 18.2 Å². The monoisotopic (exact) mass is 356 g/mol. The Morgan fingerprint density at radius 3 is 2.65 bits per heavy atom. The smallest absolute Gasteiger partial charge is 0.134 e. The highest BCUT2D eigenvalue weighted by Crippen LogP contribution is 2.21. The van der Waals surface area contributed by atoms with Crippen LogP contribution in [0.5, 0.6) is 0 Å². The van der Waals surface area contributed by atoms with E-state index in [1.807, 2.05) is 18.2 Å². The Kier molecular flexibility index (Phi) is 8.71. The van der Waals surface area contributed by atoms with Gasteiger partial charge in [-0.1, -0.05) is 37.3 Å². The van der Waals surface area contributed by atoms with Gasteiger partial charge in [-0.3, -0.25) is 4.90 Å². The Bertz CT molecular complexity index is 559. The maximum atomic E-state index is 5.91. The number of nitrogens with zero attached hydrogens (tertiary/aromatic N) is 1. The van der Waals surface area contributed by atoms with E-state index in [0.29, 0.717) is 6.04 Å². The maximum Gasteiger partial charge on any atom is 0.134 e. The molecule has 1 aromatic heterocycles. The van der Waals surface area contributed by atoms with Gasteiger partial charge in [0.2, 0.25) is 0 Å². The lowest BCUT2D eigenvalue weighted by Gasteiger charge is -2.22. The topological polar surface area (TPSA) is 28.4 Å². The number of benzene rings is 1. The van der Waals surface area contributed by atoms with E-state index in [-0.39, 0.29) is 24.8 Å². The van der Waals surface area contributed by atoms with E-state index in [4.69, 9.17) is 4.42 Å². The quantitative estimate of drug-likeness (QED) is 0.833. The van der Waals surface area contributed by atoms with Crippen LogP contribution in [0.15, 0.2) is 46.9 Å². The molecule has 3 rings (SSSR count). The summed E-state index contributed by atoms with van der Waals surface area (Å²) in [4.78, 5) is 2.56. The molecule has 0 spiro atoms. The summed E-state index contributed by atoms with van der Waals surface area (Å²) >= 11 is 0. The number of rotatable bonds is 6. The Morgan fingerprint density at radius 1 is 1.13 bits per heavy atom. The van der Waals surface area contributed by atoms with Gasteiger partial charge in [-0.05, 0) is 38.1 Å². The number of nitrogens with one attached hydrogen (secondary N) is 1. The van der Waals surface area contributed by atoms with E-state index >= 15 is 0 Å². The molecule has 5 heteroatoms. The molecule has 3 nitrogen and oxygen atoms in total. The Balaban J connectivity index is 0.00000132. The van der Waals surface area contributed by atoms with E-state index in [2.05, 4.69) is 41.4 Å². The average Bonchev–Trinajstić information content (AvgIpc) is 3.17. The van der Waals surface area contributed by atoms with Crippen molar-refractivity contribution in [2.45, 2.75) is 32.4 Å². The third-order valence-corrected chi connectivity index (χ3v) is 4.30. The molecule has 0 bridgehead atoms. The van der Waals surface area contributed by atoms with E-state index in [9.17, 15) is 0 Å². The van der Waals surface area contributed by atoms with Crippen molar-refractivity contribution in [3.8, 4) is 11.3 Å². The van der Waals surface area contributed by atoms with Gasteiger partial charge in [-0.2, -0.15) is 0 Å². The van der Waals surface area contributed by atoms with Gasteiger partial charge in [0.25, 0.3) is 0 Å². The van der Waals surface area contributed by atoms with Crippen LogP contribution in [0.3, 0.4) is 0 Å². The molecule has 2 aromatic rings. The number of likely N-dealkylation sites (N-methyl/N-ethyl adjacent to an activating group) is 1. The molecule has 23 heavy (non-hydrogen) atoms. The second kappa shape index (κ2) is 9.99. The highest BCUT2D eigenvalue weighted by molar-refractivity contribution is 5.85. The molecular weight excluding hydrogens is 331 g/mol. The van der Waals surface area contributed by atoms with Crippen LogP contribution in [0.2, 0.25) is 0 Å². The lowest BCUT2D eigenvalue weighted by molar-refractivity contribution is 0.258. The van der Waals surface area contributed by atoms with E-state index in [0.717, 1.165) is 36.7 Å². The molecule has 128 valence electrons. The molecule has 1 aromatic carbocycles. The highest BCUT2D eigenvalue weighted by atomic mass is 35.5. The first-order valence-corrected chi connectivity index (χ1v) is 7.95. The SMILES string of the molecule is CCN1CCCC1CNCc1ccc(-c2ccccc2)o1.Cl.Cl. The first kappa shape index (κ1) is 20.0. The van der Waals surface area contributed by atoms with Gasteiger partial charge in [0.15, 0.2) is 0 Å². The molecule has 1 atom stereocenters. The summed E-state index contributed by atoms with van der Waals surface area (Å²) in [5.41, 5.74) is 1.14. The van der Waals surface area contributed by atoms with Crippen molar-refractivity contribution in [3.05, 3.63) is 48.2 Å². The van der Waals surface area contributed by atoms with Crippen LogP contribution in [0.25, 0.3) is 11.3 Å². The summed E-state index contributed by atoms with van der Waals surface area (Å²) < 4.78 is 5.91. The number of halogens is 2. The van der Waals surface area contributed by atoms with E-state index < -0.39 is 0 Å². The molecule has 1 aliphatic rings. The van der Waals surface area contributed by atoms with Gasteiger partial charge in [-0.15, -0.1) is 24.8 Å².